The van der Waals surface area contributed by atoms with Crippen molar-refractivity contribution in [2.45, 2.75) is 84.6 Å². The highest BCUT2D eigenvalue weighted by molar-refractivity contribution is 5.80. The third-order valence-corrected chi connectivity index (χ3v) is 8.57. The fourth-order valence-electron chi connectivity index (χ4n) is 6.14. The standard InChI is InChI=1S/C28H38N4O2/c1-17-9-10-22(31-26(33)19-7-6-8-21(12-19)28(3,4)16-29)14-23(17)24-13-20-15-30-18(2)11-25(20)32(5)27(24)34/h11,13,15,17,19,21-23H,6-10,12,14H2,1-5H3,(H,31,33). The number of nitrogens with one attached hydrogen (secondary N) is 1. The van der Waals surface area contributed by atoms with E-state index in [4.69, 9.17) is 0 Å². The van der Waals surface area contributed by atoms with Crippen LogP contribution in [0.1, 0.15) is 82.9 Å². The van der Waals surface area contributed by atoms with E-state index in [-0.39, 0.29) is 35.3 Å². The molecule has 0 aromatic carbocycles. The average molecular weight is 463 g/mol. The van der Waals surface area contributed by atoms with Crippen molar-refractivity contribution in [2.24, 2.45) is 30.2 Å². The van der Waals surface area contributed by atoms with Crippen molar-refractivity contribution in [1.82, 2.24) is 14.9 Å². The molecule has 6 nitrogen and oxygen atoms in total. The first-order chi connectivity index (χ1) is 16.1. The van der Waals surface area contributed by atoms with E-state index in [1.807, 2.05) is 46.1 Å². The van der Waals surface area contributed by atoms with Crippen molar-refractivity contribution >= 4 is 16.8 Å². The van der Waals surface area contributed by atoms with Gasteiger partial charge < -0.3 is 9.88 Å². The van der Waals surface area contributed by atoms with Gasteiger partial charge >= 0.3 is 0 Å². The number of nitrogens with zero attached hydrogens (tertiary/aromatic N) is 3. The zero-order valence-electron chi connectivity index (χ0n) is 21.2. The molecule has 1 N–H and O–H groups in total. The van der Waals surface area contributed by atoms with Gasteiger partial charge in [-0.2, -0.15) is 5.26 Å². The smallest absolute Gasteiger partial charge is 0.254 e. The maximum Gasteiger partial charge on any atom is 0.254 e. The number of amides is 1. The number of hydrogen-bond donors (Lipinski definition) is 1. The number of hydrogen-bond acceptors (Lipinski definition) is 4. The average Bonchev–Trinajstić information content (AvgIpc) is 2.83. The molecule has 2 heterocycles. The Labute approximate surface area is 202 Å². The quantitative estimate of drug-likeness (QED) is 0.694. The summed E-state index contributed by atoms with van der Waals surface area (Å²) in [6.45, 7) is 8.14. The number of aryl methyl sites for hydroxylation is 2. The highest BCUT2D eigenvalue weighted by atomic mass is 16.2. The summed E-state index contributed by atoms with van der Waals surface area (Å²) in [6.07, 6.45) is 8.27. The molecule has 5 unspecified atom stereocenters. The van der Waals surface area contributed by atoms with Crippen molar-refractivity contribution in [3.8, 4) is 6.07 Å². The number of fused-ring (bicyclic) bond motifs is 1. The summed E-state index contributed by atoms with van der Waals surface area (Å²) < 4.78 is 1.74. The molecule has 5 atom stereocenters. The second-order valence-corrected chi connectivity index (χ2v) is 11.3. The first-order valence-electron chi connectivity index (χ1n) is 12.8. The highest BCUT2D eigenvalue weighted by Gasteiger charge is 2.38. The zero-order valence-corrected chi connectivity index (χ0v) is 21.2. The Morgan fingerprint density at radius 3 is 2.71 bits per heavy atom. The van der Waals surface area contributed by atoms with E-state index in [9.17, 15) is 14.9 Å². The highest BCUT2D eigenvalue weighted by Crippen LogP contribution is 2.41. The molecule has 2 aliphatic carbocycles. The van der Waals surface area contributed by atoms with Crippen LogP contribution < -0.4 is 10.9 Å². The Morgan fingerprint density at radius 1 is 1.21 bits per heavy atom. The monoisotopic (exact) mass is 462 g/mol. The van der Waals surface area contributed by atoms with Crippen LogP contribution in [0.5, 0.6) is 0 Å². The molecule has 4 rings (SSSR count). The lowest BCUT2D eigenvalue weighted by atomic mass is 9.68. The fourth-order valence-corrected chi connectivity index (χ4v) is 6.14. The van der Waals surface area contributed by atoms with Gasteiger partial charge in [0.25, 0.3) is 5.56 Å². The van der Waals surface area contributed by atoms with Gasteiger partial charge in [-0.1, -0.05) is 13.3 Å². The first kappa shape index (κ1) is 24.4. The van der Waals surface area contributed by atoms with Gasteiger partial charge in [-0.05, 0) is 89.2 Å². The summed E-state index contributed by atoms with van der Waals surface area (Å²) in [4.78, 5) is 30.9. The molecular weight excluding hydrogens is 424 g/mol. The molecule has 0 bridgehead atoms. The number of aromatic nitrogens is 2. The lowest BCUT2D eigenvalue weighted by Gasteiger charge is -2.38. The molecule has 2 fully saturated rings. The lowest BCUT2D eigenvalue weighted by molar-refractivity contribution is -0.127. The Kier molecular flexibility index (Phi) is 6.85. The van der Waals surface area contributed by atoms with Gasteiger partial charge in [0, 0.05) is 41.8 Å². The van der Waals surface area contributed by atoms with E-state index in [2.05, 4.69) is 23.3 Å². The molecule has 2 aliphatic rings. The van der Waals surface area contributed by atoms with Crippen LogP contribution in [0.4, 0.5) is 0 Å². The van der Waals surface area contributed by atoms with Gasteiger partial charge in [-0.3, -0.25) is 14.6 Å². The van der Waals surface area contributed by atoms with Crippen molar-refractivity contribution in [3.63, 3.8) is 0 Å². The van der Waals surface area contributed by atoms with Crippen LogP contribution in [0.25, 0.3) is 10.9 Å². The van der Waals surface area contributed by atoms with Crippen molar-refractivity contribution in [3.05, 3.63) is 39.9 Å². The zero-order chi connectivity index (χ0) is 24.6. The first-order valence-corrected chi connectivity index (χ1v) is 12.8. The maximum absolute atomic E-state index is 13.3. The van der Waals surface area contributed by atoms with Gasteiger partial charge in [0.05, 0.1) is 17.0 Å². The molecule has 0 saturated heterocycles. The Bertz CT molecular complexity index is 1180. The molecule has 34 heavy (non-hydrogen) atoms. The molecule has 2 aromatic rings. The van der Waals surface area contributed by atoms with Crippen LogP contribution in [0, 0.1) is 41.4 Å². The topological polar surface area (TPSA) is 87.8 Å². The van der Waals surface area contributed by atoms with E-state index >= 15 is 0 Å². The van der Waals surface area contributed by atoms with Crippen LogP contribution in [0.15, 0.2) is 23.1 Å². The molecule has 182 valence electrons. The van der Waals surface area contributed by atoms with E-state index in [1.54, 1.807) is 4.57 Å². The van der Waals surface area contributed by atoms with Gasteiger partial charge in [0.1, 0.15) is 0 Å². The Balaban J connectivity index is 1.50. The second kappa shape index (κ2) is 9.52. The molecular formula is C28H38N4O2. The minimum Gasteiger partial charge on any atom is -0.353 e. The van der Waals surface area contributed by atoms with E-state index in [0.717, 1.165) is 67.1 Å². The number of carbonyl (C=O) groups is 1. The van der Waals surface area contributed by atoms with Crippen molar-refractivity contribution < 1.29 is 4.79 Å². The second-order valence-electron chi connectivity index (χ2n) is 11.3. The summed E-state index contributed by atoms with van der Waals surface area (Å²) in [5.74, 6) is 0.862. The molecule has 0 spiro atoms. The third-order valence-electron chi connectivity index (χ3n) is 8.57. The number of carbonyl (C=O) groups excluding carboxylic acids is 1. The van der Waals surface area contributed by atoms with Crippen molar-refractivity contribution in [1.29, 1.82) is 5.26 Å². The number of pyridine rings is 2. The SMILES string of the molecule is Cc1cc2c(cn1)cc(C1CC(NC(=O)C3CCCC(C(C)(C)C#N)C3)CCC1C)c(=O)n2C. The Hall–Kier alpha value is -2.68. The van der Waals surface area contributed by atoms with Gasteiger partial charge in [-0.25, -0.2) is 0 Å². The number of nitriles is 1. The molecule has 6 heteroatoms. The minimum atomic E-state index is -0.395. The minimum absolute atomic E-state index is 0.0213. The molecule has 2 saturated carbocycles. The summed E-state index contributed by atoms with van der Waals surface area (Å²) in [7, 11) is 1.84. The number of rotatable bonds is 4. The van der Waals surface area contributed by atoms with E-state index < -0.39 is 5.41 Å². The molecule has 0 aliphatic heterocycles. The fraction of sp³-hybridized carbons (Fsp3) is 0.643. The molecule has 1 amide bonds. The largest absolute Gasteiger partial charge is 0.353 e. The summed E-state index contributed by atoms with van der Waals surface area (Å²) in [5.41, 5.74) is 2.29. The van der Waals surface area contributed by atoms with E-state index in [0.29, 0.717) is 5.92 Å². The lowest BCUT2D eigenvalue weighted by Crippen LogP contribution is -2.45. The Morgan fingerprint density at radius 2 is 1.97 bits per heavy atom. The summed E-state index contributed by atoms with van der Waals surface area (Å²) in [5, 5.41) is 13.8. The van der Waals surface area contributed by atoms with Crippen LogP contribution in [-0.4, -0.2) is 21.5 Å². The third kappa shape index (κ3) is 4.76. The summed E-state index contributed by atoms with van der Waals surface area (Å²) in [6, 6.07) is 6.49. The predicted molar refractivity (Wildman–Crippen MR) is 134 cm³/mol. The van der Waals surface area contributed by atoms with Crippen LogP contribution >= 0.6 is 0 Å². The van der Waals surface area contributed by atoms with Crippen LogP contribution in [0.2, 0.25) is 0 Å². The van der Waals surface area contributed by atoms with Crippen molar-refractivity contribution in [2.75, 3.05) is 0 Å². The molecule has 2 aromatic heterocycles. The van der Waals surface area contributed by atoms with Gasteiger partial charge in [0.2, 0.25) is 5.91 Å². The van der Waals surface area contributed by atoms with Gasteiger partial charge in [-0.15, -0.1) is 0 Å². The van der Waals surface area contributed by atoms with Crippen LogP contribution in [0.3, 0.4) is 0 Å². The van der Waals surface area contributed by atoms with Gasteiger partial charge in [0.15, 0.2) is 0 Å². The molecule has 0 radical (unpaired) electrons. The summed E-state index contributed by atoms with van der Waals surface area (Å²) >= 11 is 0. The van der Waals surface area contributed by atoms with Crippen LogP contribution in [-0.2, 0) is 11.8 Å². The normalized spacial score (nSPS) is 27.8. The predicted octanol–water partition coefficient (Wildman–Crippen LogP) is 4.99. The van der Waals surface area contributed by atoms with E-state index in [1.165, 1.54) is 0 Å². The maximum atomic E-state index is 13.3.